The van der Waals surface area contributed by atoms with E-state index in [-0.39, 0.29) is 6.03 Å². The van der Waals surface area contributed by atoms with Crippen LogP contribution in [0.4, 0.5) is 16.3 Å². The van der Waals surface area contributed by atoms with Gasteiger partial charge in [-0.2, -0.15) is 5.10 Å². The summed E-state index contributed by atoms with van der Waals surface area (Å²) in [7, 11) is 3.46. The molecule has 1 aliphatic rings. The molecule has 146 valence electrons. The maximum atomic E-state index is 12.7. The SMILES string of the molecule is COc1cccc(N2CCN(C(=O)Nc3cc(-c4ccco4)nn3C)CC2)c1. The number of ether oxygens (including phenoxy) is 1. The van der Waals surface area contributed by atoms with Gasteiger partial charge in [-0.3, -0.25) is 10.00 Å². The smallest absolute Gasteiger partial charge is 0.323 e. The van der Waals surface area contributed by atoms with Gasteiger partial charge in [-0.05, 0) is 24.3 Å². The Morgan fingerprint density at radius 2 is 1.96 bits per heavy atom. The van der Waals surface area contributed by atoms with Crippen molar-refractivity contribution in [1.29, 1.82) is 0 Å². The van der Waals surface area contributed by atoms with E-state index in [9.17, 15) is 4.79 Å². The van der Waals surface area contributed by atoms with Gasteiger partial charge in [0.1, 0.15) is 17.3 Å². The highest BCUT2D eigenvalue weighted by Crippen LogP contribution is 2.23. The molecule has 1 aromatic carbocycles. The van der Waals surface area contributed by atoms with Crippen molar-refractivity contribution >= 4 is 17.5 Å². The molecule has 0 unspecified atom stereocenters. The summed E-state index contributed by atoms with van der Waals surface area (Å²) in [4.78, 5) is 16.7. The van der Waals surface area contributed by atoms with Crippen molar-refractivity contribution in [3.05, 3.63) is 48.7 Å². The summed E-state index contributed by atoms with van der Waals surface area (Å²) in [5.41, 5.74) is 1.79. The van der Waals surface area contributed by atoms with Gasteiger partial charge >= 0.3 is 6.03 Å². The summed E-state index contributed by atoms with van der Waals surface area (Å²) in [6.45, 7) is 2.82. The van der Waals surface area contributed by atoms with Crippen LogP contribution in [0.2, 0.25) is 0 Å². The number of methoxy groups -OCH3 is 1. The van der Waals surface area contributed by atoms with Gasteiger partial charge in [0.15, 0.2) is 5.76 Å². The summed E-state index contributed by atoms with van der Waals surface area (Å²) in [6.07, 6.45) is 1.60. The van der Waals surface area contributed by atoms with Crippen molar-refractivity contribution in [3.63, 3.8) is 0 Å². The number of benzene rings is 1. The molecule has 0 saturated carbocycles. The van der Waals surface area contributed by atoms with Gasteiger partial charge in [-0.1, -0.05) is 6.07 Å². The number of aryl methyl sites for hydroxylation is 1. The highest BCUT2D eigenvalue weighted by Gasteiger charge is 2.22. The lowest BCUT2D eigenvalue weighted by Crippen LogP contribution is -2.50. The lowest BCUT2D eigenvalue weighted by atomic mass is 10.2. The predicted octanol–water partition coefficient (Wildman–Crippen LogP) is 3.04. The molecule has 0 bridgehead atoms. The Balaban J connectivity index is 1.37. The van der Waals surface area contributed by atoms with Crippen LogP contribution in [-0.4, -0.2) is 54.0 Å². The highest BCUT2D eigenvalue weighted by molar-refractivity contribution is 5.89. The lowest BCUT2D eigenvalue weighted by molar-refractivity contribution is 0.208. The van der Waals surface area contributed by atoms with Crippen molar-refractivity contribution in [2.24, 2.45) is 7.05 Å². The Kier molecular flexibility index (Phi) is 4.92. The number of nitrogens with one attached hydrogen (secondary N) is 1. The minimum Gasteiger partial charge on any atom is -0.497 e. The number of anilines is 2. The minimum absolute atomic E-state index is 0.126. The normalized spacial score (nSPS) is 14.2. The summed E-state index contributed by atoms with van der Waals surface area (Å²) < 4.78 is 12.3. The Labute approximate surface area is 163 Å². The molecule has 0 spiro atoms. The second-order valence-corrected chi connectivity index (χ2v) is 6.62. The Morgan fingerprint density at radius 1 is 1.14 bits per heavy atom. The van der Waals surface area contributed by atoms with Crippen molar-refractivity contribution in [3.8, 4) is 17.2 Å². The number of aromatic nitrogens is 2. The first kappa shape index (κ1) is 18.0. The number of hydrogen-bond donors (Lipinski definition) is 1. The van der Waals surface area contributed by atoms with E-state index in [0.717, 1.165) is 24.5 Å². The fourth-order valence-electron chi connectivity index (χ4n) is 3.29. The number of rotatable bonds is 4. The standard InChI is InChI=1S/C20H23N5O3/c1-23-19(14-17(22-23)18-7-4-12-28-18)21-20(26)25-10-8-24(9-11-25)15-5-3-6-16(13-15)27-2/h3-7,12-14H,8-11H2,1-2H3,(H,21,26). The molecule has 1 saturated heterocycles. The fraction of sp³-hybridized carbons (Fsp3) is 0.300. The van der Waals surface area contributed by atoms with Crippen LogP contribution >= 0.6 is 0 Å². The number of carbonyl (C=O) groups is 1. The number of urea groups is 1. The quantitative estimate of drug-likeness (QED) is 0.752. The van der Waals surface area contributed by atoms with E-state index in [1.54, 1.807) is 25.1 Å². The Hall–Kier alpha value is -3.42. The summed E-state index contributed by atoms with van der Waals surface area (Å²) in [5, 5.41) is 7.33. The number of hydrogen-bond acceptors (Lipinski definition) is 5. The lowest BCUT2D eigenvalue weighted by Gasteiger charge is -2.36. The average molecular weight is 381 g/mol. The number of amides is 2. The molecule has 4 rings (SSSR count). The third-order valence-electron chi connectivity index (χ3n) is 4.87. The van der Waals surface area contributed by atoms with Crippen LogP contribution in [0, 0.1) is 0 Å². The highest BCUT2D eigenvalue weighted by atomic mass is 16.5. The van der Waals surface area contributed by atoms with Crippen LogP contribution in [0.5, 0.6) is 5.75 Å². The van der Waals surface area contributed by atoms with Crippen LogP contribution in [0.3, 0.4) is 0 Å². The van der Waals surface area contributed by atoms with E-state index < -0.39 is 0 Å². The molecule has 2 aromatic heterocycles. The third-order valence-corrected chi connectivity index (χ3v) is 4.87. The molecular formula is C20H23N5O3. The molecule has 28 heavy (non-hydrogen) atoms. The van der Waals surface area contributed by atoms with Crippen LogP contribution in [0.25, 0.3) is 11.5 Å². The van der Waals surface area contributed by atoms with Gasteiger partial charge < -0.3 is 19.0 Å². The molecule has 8 heteroatoms. The van der Waals surface area contributed by atoms with E-state index in [1.807, 2.05) is 41.3 Å². The van der Waals surface area contributed by atoms with Crippen LogP contribution < -0.4 is 15.0 Å². The third kappa shape index (κ3) is 3.66. The number of carbonyl (C=O) groups excluding carboxylic acids is 1. The Bertz CT molecular complexity index is 943. The molecule has 3 heterocycles. The van der Waals surface area contributed by atoms with Crippen LogP contribution in [0.15, 0.2) is 53.1 Å². The first-order valence-electron chi connectivity index (χ1n) is 9.17. The fourth-order valence-corrected chi connectivity index (χ4v) is 3.29. The topological polar surface area (TPSA) is 75.8 Å². The average Bonchev–Trinajstić information content (AvgIpc) is 3.38. The van der Waals surface area contributed by atoms with Crippen molar-refractivity contribution < 1.29 is 13.9 Å². The maximum absolute atomic E-state index is 12.7. The van der Waals surface area contributed by atoms with Crippen molar-refractivity contribution in [2.75, 3.05) is 43.5 Å². The van der Waals surface area contributed by atoms with E-state index in [0.29, 0.717) is 30.4 Å². The summed E-state index contributed by atoms with van der Waals surface area (Å²) in [5.74, 6) is 2.14. The van der Waals surface area contributed by atoms with E-state index >= 15 is 0 Å². The first-order valence-corrected chi connectivity index (χ1v) is 9.17. The molecule has 0 atom stereocenters. The molecule has 2 amide bonds. The first-order chi connectivity index (χ1) is 13.6. The van der Waals surface area contributed by atoms with Crippen molar-refractivity contribution in [2.45, 2.75) is 0 Å². The second-order valence-electron chi connectivity index (χ2n) is 6.62. The molecule has 0 radical (unpaired) electrons. The summed E-state index contributed by atoms with van der Waals surface area (Å²) in [6, 6.07) is 13.3. The molecule has 1 aliphatic heterocycles. The van der Waals surface area contributed by atoms with E-state index in [1.165, 1.54) is 0 Å². The largest absolute Gasteiger partial charge is 0.497 e. The van der Waals surface area contributed by atoms with Gasteiger partial charge in [0.25, 0.3) is 0 Å². The molecule has 1 N–H and O–H groups in total. The molecule has 1 fully saturated rings. The van der Waals surface area contributed by atoms with Gasteiger partial charge in [-0.15, -0.1) is 0 Å². The maximum Gasteiger partial charge on any atom is 0.323 e. The molecule has 0 aliphatic carbocycles. The Morgan fingerprint density at radius 3 is 2.68 bits per heavy atom. The minimum atomic E-state index is -0.126. The molecule has 3 aromatic rings. The van der Waals surface area contributed by atoms with Gasteiger partial charge in [0.05, 0.1) is 13.4 Å². The number of nitrogens with zero attached hydrogens (tertiary/aromatic N) is 4. The van der Waals surface area contributed by atoms with Crippen LogP contribution in [-0.2, 0) is 7.05 Å². The zero-order chi connectivity index (χ0) is 19.5. The van der Waals surface area contributed by atoms with Gasteiger partial charge in [-0.25, -0.2) is 4.79 Å². The van der Waals surface area contributed by atoms with Crippen molar-refractivity contribution in [1.82, 2.24) is 14.7 Å². The predicted molar refractivity (Wildman–Crippen MR) is 107 cm³/mol. The van der Waals surface area contributed by atoms with E-state index in [4.69, 9.17) is 9.15 Å². The number of piperazine rings is 1. The van der Waals surface area contributed by atoms with Gasteiger partial charge in [0, 0.05) is 51.0 Å². The zero-order valence-electron chi connectivity index (χ0n) is 16.0. The molecular weight excluding hydrogens is 358 g/mol. The van der Waals surface area contributed by atoms with E-state index in [2.05, 4.69) is 21.4 Å². The zero-order valence-corrected chi connectivity index (χ0v) is 16.0. The van der Waals surface area contributed by atoms with Crippen LogP contribution in [0.1, 0.15) is 0 Å². The van der Waals surface area contributed by atoms with Gasteiger partial charge in [0.2, 0.25) is 0 Å². The number of furan rings is 1. The second kappa shape index (κ2) is 7.67. The summed E-state index contributed by atoms with van der Waals surface area (Å²) >= 11 is 0. The molecule has 8 nitrogen and oxygen atoms in total. The monoisotopic (exact) mass is 381 g/mol.